The quantitative estimate of drug-likeness (QED) is 0.871. The molecular weight excluding hydrogens is 310 g/mol. The van der Waals surface area contributed by atoms with Crippen molar-refractivity contribution < 1.29 is 13.2 Å². The predicted molar refractivity (Wildman–Crippen MR) is 85.8 cm³/mol. The monoisotopic (exact) mass is 331 g/mol. The van der Waals surface area contributed by atoms with Gasteiger partial charge in [-0.3, -0.25) is 0 Å². The summed E-state index contributed by atoms with van der Waals surface area (Å²) in [5.74, 6) is 1.26. The highest BCUT2D eigenvalue weighted by atomic mass is 35.5. The minimum absolute atomic E-state index is 0.0217. The van der Waals surface area contributed by atoms with E-state index in [2.05, 4.69) is 12.2 Å². The molecule has 4 nitrogen and oxygen atoms in total. The predicted octanol–water partition coefficient (Wildman–Crippen LogP) is 2.82. The summed E-state index contributed by atoms with van der Waals surface area (Å²) in [7, 11) is -1.31. The second-order valence-electron chi connectivity index (χ2n) is 5.49. The van der Waals surface area contributed by atoms with Gasteiger partial charge in [0.25, 0.3) is 0 Å². The summed E-state index contributed by atoms with van der Waals surface area (Å²) in [6, 6.07) is 5.68. The number of methoxy groups -OCH3 is 1. The Hall–Kier alpha value is -0.780. The lowest BCUT2D eigenvalue weighted by Crippen LogP contribution is -2.29. The fraction of sp³-hybridized carbons (Fsp3) is 0.600. The van der Waals surface area contributed by atoms with Crippen LogP contribution in [-0.2, 0) is 9.84 Å². The van der Waals surface area contributed by atoms with Crippen molar-refractivity contribution in [1.82, 2.24) is 5.32 Å². The third-order valence-corrected chi connectivity index (χ3v) is 5.99. The maximum atomic E-state index is 11.8. The van der Waals surface area contributed by atoms with E-state index in [1.165, 1.54) is 0 Å². The van der Waals surface area contributed by atoms with Crippen molar-refractivity contribution in [2.75, 3.05) is 25.2 Å². The molecule has 2 unspecified atom stereocenters. The van der Waals surface area contributed by atoms with Crippen LogP contribution in [0, 0.1) is 5.92 Å². The third-order valence-electron chi connectivity index (χ3n) is 3.89. The minimum Gasteiger partial charge on any atom is -0.495 e. The lowest BCUT2D eigenvalue weighted by atomic mass is 9.92. The Balaban J connectivity index is 2.27. The van der Waals surface area contributed by atoms with Gasteiger partial charge < -0.3 is 10.1 Å². The molecule has 0 spiro atoms. The number of halogens is 1. The minimum atomic E-state index is -2.89. The maximum absolute atomic E-state index is 11.8. The molecule has 2 rings (SSSR count). The Morgan fingerprint density at radius 2 is 2.24 bits per heavy atom. The summed E-state index contributed by atoms with van der Waals surface area (Å²) in [6.45, 7) is 2.95. The molecule has 0 bridgehead atoms. The molecule has 1 aromatic carbocycles. The molecule has 6 heteroatoms. The van der Waals surface area contributed by atoms with E-state index < -0.39 is 9.84 Å². The Labute approximate surface area is 131 Å². The van der Waals surface area contributed by atoms with E-state index >= 15 is 0 Å². The van der Waals surface area contributed by atoms with Crippen molar-refractivity contribution in [2.24, 2.45) is 5.92 Å². The fourth-order valence-electron chi connectivity index (χ4n) is 2.81. The number of rotatable bonds is 6. The van der Waals surface area contributed by atoms with Crippen LogP contribution in [0.4, 0.5) is 0 Å². The van der Waals surface area contributed by atoms with E-state index in [1.54, 1.807) is 13.2 Å². The normalized spacial score (nSPS) is 22.1. The lowest BCUT2D eigenvalue weighted by molar-refractivity contribution is 0.386. The van der Waals surface area contributed by atoms with Gasteiger partial charge in [-0.25, -0.2) is 8.42 Å². The number of nitrogens with one attached hydrogen (secondary N) is 1. The highest BCUT2D eigenvalue weighted by molar-refractivity contribution is 7.91. The summed E-state index contributed by atoms with van der Waals surface area (Å²) in [4.78, 5) is 0. The van der Waals surface area contributed by atoms with Gasteiger partial charge in [0.1, 0.15) is 5.75 Å². The summed E-state index contributed by atoms with van der Waals surface area (Å²) in [5.41, 5.74) is 1.03. The van der Waals surface area contributed by atoms with Crippen molar-refractivity contribution in [3.05, 3.63) is 28.8 Å². The molecule has 1 aliphatic heterocycles. The van der Waals surface area contributed by atoms with Crippen molar-refractivity contribution in [3.8, 4) is 5.75 Å². The summed E-state index contributed by atoms with van der Waals surface area (Å²) < 4.78 is 28.8. The van der Waals surface area contributed by atoms with Crippen LogP contribution in [0.2, 0.25) is 5.02 Å². The third kappa shape index (κ3) is 4.11. The van der Waals surface area contributed by atoms with Gasteiger partial charge in [0.15, 0.2) is 9.84 Å². The zero-order valence-corrected chi connectivity index (χ0v) is 14.0. The van der Waals surface area contributed by atoms with E-state index in [-0.39, 0.29) is 23.5 Å². The topological polar surface area (TPSA) is 55.4 Å². The molecule has 0 radical (unpaired) electrons. The van der Waals surface area contributed by atoms with E-state index in [0.29, 0.717) is 17.2 Å². The molecule has 0 saturated carbocycles. The molecular formula is C15H22ClNO3S. The molecule has 21 heavy (non-hydrogen) atoms. The van der Waals surface area contributed by atoms with Crippen LogP contribution in [0.25, 0.3) is 0 Å². The van der Waals surface area contributed by atoms with Crippen LogP contribution >= 0.6 is 11.6 Å². The van der Waals surface area contributed by atoms with Gasteiger partial charge >= 0.3 is 0 Å². The number of benzene rings is 1. The Bertz CT molecular complexity index is 589. The van der Waals surface area contributed by atoms with Crippen LogP contribution in [-0.4, -0.2) is 33.6 Å². The van der Waals surface area contributed by atoms with E-state index in [0.717, 1.165) is 18.5 Å². The van der Waals surface area contributed by atoms with Crippen molar-refractivity contribution in [3.63, 3.8) is 0 Å². The van der Waals surface area contributed by atoms with Crippen LogP contribution in [0.5, 0.6) is 5.75 Å². The second kappa shape index (κ2) is 6.99. The van der Waals surface area contributed by atoms with Crippen molar-refractivity contribution in [2.45, 2.75) is 25.8 Å². The Kier molecular flexibility index (Phi) is 5.52. The molecule has 1 N–H and O–H groups in total. The average Bonchev–Trinajstić information content (AvgIpc) is 2.81. The fourth-order valence-corrected chi connectivity index (χ4v) is 4.85. The summed E-state index contributed by atoms with van der Waals surface area (Å²) in [6.07, 6.45) is 1.70. The number of hydrogen-bond acceptors (Lipinski definition) is 4. The molecule has 0 aliphatic carbocycles. The van der Waals surface area contributed by atoms with Gasteiger partial charge in [-0.05, 0) is 43.0 Å². The number of hydrogen-bond donors (Lipinski definition) is 1. The van der Waals surface area contributed by atoms with E-state index in [9.17, 15) is 8.42 Å². The van der Waals surface area contributed by atoms with Crippen LogP contribution in [0.3, 0.4) is 0 Å². The molecule has 0 aromatic heterocycles. The highest BCUT2D eigenvalue weighted by Crippen LogP contribution is 2.35. The maximum Gasteiger partial charge on any atom is 0.150 e. The van der Waals surface area contributed by atoms with Crippen molar-refractivity contribution >= 4 is 21.4 Å². The van der Waals surface area contributed by atoms with E-state index in [1.807, 2.05) is 12.1 Å². The largest absolute Gasteiger partial charge is 0.495 e. The SMILES string of the molecule is CCCNC(c1ccc(Cl)c(OC)c1)C1CCS(=O)(=O)C1. The first-order chi connectivity index (χ1) is 9.96. The van der Waals surface area contributed by atoms with Crippen LogP contribution < -0.4 is 10.1 Å². The zero-order valence-electron chi connectivity index (χ0n) is 12.4. The average molecular weight is 332 g/mol. The summed E-state index contributed by atoms with van der Waals surface area (Å²) >= 11 is 6.07. The van der Waals surface area contributed by atoms with Gasteiger partial charge in [0.05, 0.1) is 23.6 Å². The van der Waals surface area contributed by atoms with Gasteiger partial charge in [-0.1, -0.05) is 24.6 Å². The van der Waals surface area contributed by atoms with Gasteiger partial charge in [-0.15, -0.1) is 0 Å². The molecule has 1 fully saturated rings. The van der Waals surface area contributed by atoms with Gasteiger partial charge in [0, 0.05) is 6.04 Å². The lowest BCUT2D eigenvalue weighted by Gasteiger charge is -2.25. The summed E-state index contributed by atoms with van der Waals surface area (Å²) in [5, 5.41) is 4.04. The molecule has 1 aromatic rings. The molecule has 1 aliphatic rings. The second-order valence-corrected chi connectivity index (χ2v) is 8.12. The van der Waals surface area contributed by atoms with Crippen LogP contribution in [0.15, 0.2) is 18.2 Å². The smallest absolute Gasteiger partial charge is 0.150 e. The zero-order chi connectivity index (χ0) is 15.5. The number of ether oxygens (including phenoxy) is 1. The van der Waals surface area contributed by atoms with Crippen LogP contribution in [0.1, 0.15) is 31.4 Å². The van der Waals surface area contributed by atoms with Gasteiger partial charge in [-0.2, -0.15) is 0 Å². The Morgan fingerprint density at radius 3 is 2.81 bits per heavy atom. The highest BCUT2D eigenvalue weighted by Gasteiger charge is 2.34. The Morgan fingerprint density at radius 1 is 1.48 bits per heavy atom. The molecule has 2 atom stereocenters. The van der Waals surface area contributed by atoms with E-state index in [4.69, 9.17) is 16.3 Å². The molecule has 0 amide bonds. The standard InChI is InChI=1S/C15H22ClNO3S/c1-3-7-17-15(12-6-8-21(18,19)10-12)11-4-5-13(16)14(9-11)20-2/h4-5,9,12,15,17H,3,6-8,10H2,1-2H3. The molecule has 1 saturated heterocycles. The number of sulfone groups is 1. The molecule has 1 heterocycles. The first-order valence-electron chi connectivity index (χ1n) is 7.24. The molecule has 118 valence electrons. The first-order valence-corrected chi connectivity index (χ1v) is 9.44. The van der Waals surface area contributed by atoms with Gasteiger partial charge in [0.2, 0.25) is 0 Å². The first kappa shape index (κ1) is 16.6. The van der Waals surface area contributed by atoms with Crippen molar-refractivity contribution in [1.29, 1.82) is 0 Å².